The number of aromatic hydroxyl groups is 1. The summed E-state index contributed by atoms with van der Waals surface area (Å²) in [4.78, 5) is 54.1. The molecule has 1 saturated heterocycles. The number of phenols is 1. The number of fused-ring (bicyclic) bond motifs is 9. The van der Waals surface area contributed by atoms with Crippen molar-refractivity contribution < 1.29 is 29.3 Å². The Bertz CT molecular complexity index is 1270. The third-order valence-electron chi connectivity index (χ3n) is 7.67. The molecule has 4 aliphatic rings. The molecule has 2 saturated carbocycles. The number of phenolic OH excluding ortho intramolecular Hbond substituents is 1. The van der Waals surface area contributed by atoms with Gasteiger partial charge in [0.15, 0.2) is 11.5 Å². The second-order valence-corrected chi connectivity index (χ2v) is 11.2. The van der Waals surface area contributed by atoms with Crippen molar-refractivity contribution in [2.75, 3.05) is 13.7 Å². The molecule has 33 heavy (non-hydrogen) atoms. The van der Waals surface area contributed by atoms with Gasteiger partial charge in [-0.1, -0.05) is 17.4 Å². The van der Waals surface area contributed by atoms with Crippen LogP contribution in [0.1, 0.15) is 22.8 Å². The standard InChI is InChI=1S/C22H20N2O7S2/c1-31-11-4-7(2-3-10(11)25)13-14-8-5-9(17(14)32-19-18(13)33-22(30)23-19)16-15(8)20(28)24(21(16)29)6-12(26)27/h2-4,8-9,13-17,25H,5-6H2,1H3,(H,23,30)(H,26,27)/p-1/t8-,9-,13-,14-,15-,16+,17-/m0/s1. The number of hydrogen-bond donors (Lipinski definition) is 2. The molecule has 11 heteroatoms. The van der Waals surface area contributed by atoms with Crippen LogP contribution in [0.25, 0.3) is 0 Å². The van der Waals surface area contributed by atoms with Crippen LogP contribution in [0.15, 0.2) is 28.0 Å². The van der Waals surface area contributed by atoms with Crippen LogP contribution in [0.3, 0.4) is 0 Å². The fraction of sp³-hybridized carbons (Fsp3) is 0.455. The number of thioether (sulfide) groups is 1. The average molecular weight is 488 g/mol. The number of methoxy groups -OCH3 is 1. The maximum atomic E-state index is 13.1. The summed E-state index contributed by atoms with van der Waals surface area (Å²) in [7, 11) is 1.47. The van der Waals surface area contributed by atoms with Gasteiger partial charge in [0.1, 0.15) is 0 Å². The van der Waals surface area contributed by atoms with Crippen LogP contribution in [0, 0.1) is 29.6 Å². The Morgan fingerprint density at radius 2 is 1.97 bits per heavy atom. The van der Waals surface area contributed by atoms with Crippen molar-refractivity contribution in [3.05, 3.63) is 38.3 Å². The summed E-state index contributed by atoms with van der Waals surface area (Å²) in [6, 6.07) is 5.12. The molecule has 2 bridgehead atoms. The molecule has 172 valence electrons. The molecule has 2 aliphatic heterocycles. The zero-order chi connectivity index (χ0) is 23.2. The number of H-pyrrole nitrogens is 1. The average Bonchev–Trinajstić information content (AvgIpc) is 3.49. The first-order chi connectivity index (χ1) is 15.8. The Labute approximate surface area is 195 Å². The molecule has 2 N–H and O–H groups in total. The highest BCUT2D eigenvalue weighted by Gasteiger charge is 2.69. The number of aromatic amines is 1. The van der Waals surface area contributed by atoms with Crippen molar-refractivity contribution in [1.29, 1.82) is 0 Å². The predicted molar refractivity (Wildman–Crippen MR) is 115 cm³/mol. The highest BCUT2D eigenvalue weighted by atomic mass is 32.2. The largest absolute Gasteiger partial charge is 0.548 e. The molecule has 7 atom stereocenters. The van der Waals surface area contributed by atoms with Gasteiger partial charge in [0.25, 0.3) is 0 Å². The zero-order valence-electron chi connectivity index (χ0n) is 17.3. The number of amides is 2. The van der Waals surface area contributed by atoms with Crippen LogP contribution >= 0.6 is 23.1 Å². The van der Waals surface area contributed by atoms with Crippen LogP contribution in [-0.2, 0) is 14.4 Å². The van der Waals surface area contributed by atoms with Crippen LogP contribution in [0.4, 0.5) is 0 Å². The monoisotopic (exact) mass is 487 g/mol. The molecule has 6 rings (SSSR count). The van der Waals surface area contributed by atoms with E-state index in [-0.39, 0.29) is 39.5 Å². The molecule has 1 aromatic heterocycles. The first-order valence-electron chi connectivity index (χ1n) is 10.6. The highest BCUT2D eigenvalue weighted by Crippen LogP contribution is 2.68. The van der Waals surface area contributed by atoms with Crippen molar-refractivity contribution in [3.63, 3.8) is 0 Å². The first kappa shape index (κ1) is 20.8. The van der Waals surface area contributed by atoms with Gasteiger partial charge in [0.05, 0.1) is 36.5 Å². The van der Waals surface area contributed by atoms with Gasteiger partial charge in [0.2, 0.25) is 11.8 Å². The number of benzene rings is 1. The molecule has 0 radical (unpaired) electrons. The molecule has 0 spiro atoms. The number of hydrogen-bond acceptors (Lipinski definition) is 9. The van der Waals surface area contributed by atoms with E-state index in [0.717, 1.165) is 31.7 Å². The van der Waals surface area contributed by atoms with Crippen LogP contribution in [0.5, 0.6) is 11.5 Å². The van der Waals surface area contributed by atoms with E-state index in [1.165, 1.54) is 7.11 Å². The lowest BCUT2D eigenvalue weighted by molar-refractivity contribution is -0.305. The maximum Gasteiger partial charge on any atom is 0.305 e. The number of rotatable bonds is 4. The van der Waals surface area contributed by atoms with Crippen molar-refractivity contribution in [2.24, 2.45) is 29.6 Å². The van der Waals surface area contributed by atoms with Crippen LogP contribution in [0.2, 0.25) is 0 Å². The predicted octanol–water partition coefficient (Wildman–Crippen LogP) is 0.374. The van der Waals surface area contributed by atoms with Gasteiger partial charge in [-0.3, -0.25) is 19.3 Å². The van der Waals surface area contributed by atoms with Gasteiger partial charge in [-0.25, -0.2) is 0 Å². The summed E-state index contributed by atoms with van der Waals surface area (Å²) in [6.45, 7) is -0.716. The molecule has 2 aromatic rings. The fourth-order valence-corrected chi connectivity index (χ4v) is 9.51. The second kappa shape index (κ2) is 7.10. The van der Waals surface area contributed by atoms with Gasteiger partial charge in [0, 0.05) is 16.0 Å². The van der Waals surface area contributed by atoms with E-state index in [0.29, 0.717) is 12.2 Å². The molecule has 2 amide bonds. The number of nitrogens with zero attached hydrogens (tertiary/aromatic N) is 1. The molecule has 3 heterocycles. The minimum atomic E-state index is -1.45. The van der Waals surface area contributed by atoms with Crippen molar-refractivity contribution >= 4 is 40.9 Å². The topological polar surface area (TPSA) is 140 Å². The Balaban J connectivity index is 1.46. The van der Waals surface area contributed by atoms with E-state index in [9.17, 15) is 29.4 Å². The molecular weight excluding hydrogens is 468 g/mol. The van der Waals surface area contributed by atoms with Gasteiger partial charge < -0.3 is 24.7 Å². The maximum absolute atomic E-state index is 13.1. The highest BCUT2D eigenvalue weighted by molar-refractivity contribution is 8.00. The normalized spacial score (nSPS) is 33.7. The lowest BCUT2D eigenvalue weighted by Gasteiger charge is -2.43. The summed E-state index contributed by atoms with van der Waals surface area (Å²) < 4.78 is 5.31. The fourth-order valence-electron chi connectivity index (χ4n) is 6.62. The summed E-state index contributed by atoms with van der Waals surface area (Å²) in [5.74, 6) is -3.49. The van der Waals surface area contributed by atoms with E-state index >= 15 is 0 Å². The molecule has 2 aliphatic carbocycles. The number of imide groups is 1. The third-order valence-corrected chi connectivity index (χ3v) is 10.3. The number of ether oxygens (including phenoxy) is 1. The Morgan fingerprint density at radius 3 is 2.67 bits per heavy atom. The SMILES string of the molecule is COc1cc([C@@H]2c3sc(=O)[nH]c3S[C@H]3[C@H]4C[C@H]([C@@H]5C(=O)N(CC(=O)[O-])C(=O)[C@H]45)[C@@H]23)ccc1O. The number of aromatic nitrogens is 1. The molecule has 1 aromatic carbocycles. The molecule has 0 unspecified atom stereocenters. The zero-order valence-corrected chi connectivity index (χ0v) is 19.0. The first-order valence-corrected chi connectivity index (χ1v) is 12.3. The number of carboxylic acid groups (broad SMARTS) is 1. The van der Waals surface area contributed by atoms with Gasteiger partial charge in [-0.2, -0.15) is 0 Å². The molecule has 3 fully saturated rings. The lowest BCUT2D eigenvalue weighted by Crippen LogP contribution is -2.42. The molecule has 9 nitrogen and oxygen atoms in total. The quantitative estimate of drug-likeness (QED) is 0.590. The van der Waals surface area contributed by atoms with E-state index in [4.69, 9.17) is 4.74 Å². The number of likely N-dealkylation sites (tertiary alicyclic amines) is 1. The van der Waals surface area contributed by atoms with Crippen molar-refractivity contribution in [1.82, 2.24) is 9.88 Å². The summed E-state index contributed by atoms with van der Waals surface area (Å²) in [6.07, 6.45) is 0.708. The van der Waals surface area contributed by atoms with E-state index in [2.05, 4.69) is 4.98 Å². The number of nitrogens with one attached hydrogen (secondary N) is 1. The number of thiazole rings is 1. The summed E-state index contributed by atoms with van der Waals surface area (Å²) in [5, 5.41) is 22.0. The number of carboxylic acids is 1. The van der Waals surface area contributed by atoms with Gasteiger partial charge in [-0.15, -0.1) is 11.8 Å². The van der Waals surface area contributed by atoms with Crippen molar-refractivity contribution in [2.45, 2.75) is 22.6 Å². The van der Waals surface area contributed by atoms with Crippen LogP contribution < -0.4 is 14.7 Å². The number of aliphatic carboxylic acids is 1. The van der Waals surface area contributed by atoms with E-state index in [1.54, 1.807) is 30.0 Å². The summed E-state index contributed by atoms with van der Waals surface area (Å²) in [5.41, 5.74) is 0.865. The minimum absolute atomic E-state index is 0.00143. The minimum Gasteiger partial charge on any atom is -0.548 e. The Hall–Kier alpha value is -2.79. The summed E-state index contributed by atoms with van der Waals surface area (Å²) >= 11 is 2.69. The van der Waals surface area contributed by atoms with E-state index in [1.807, 2.05) is 0 Å². The molecular formula is C22H19N2O7S2-. The van der Waals surface area contributed by atoms with Gasteiger partial charge in [-0.05, 0) is 41.9 Å². The number of carbonyl (C=O) groups excluding carboxylic acids is 3. The van der Waals surface area contributed by atoms with E-state index < -0.39 is 36.2 Å². The van der Waals surface area contributed by atoms with Crippen LogP contribution in [-0.4, -0.2) is 51.7 Å². The number of carbonyl (C=O) groups is 3. The second-order valence-electron chi connectivity index (χ2n) is 9.03. The van der Waals surface area contributed by atoms with Crippen molar-refractivity contribution in [3.8, 4) is 11.5 Å². The Kier molecular flexibility index (Phi) is 4.47. The Morgan fingerprint density at radius 1 is 1.24 bits per heavy atom. The third kappa shape index (κ3) is 2.78. The van der Waals surface area contributed by atoms with Gasteiger partial charge >= 0.3 is 4.87 Å². The smallest absolute Gasteiger partial charge is 0.305 e. The lowest BCUT2D eigenvalue weighted by atomic mass is 9.68.